The molecule has 0 saturated carbocycles. The fraction of sp³-hybridized carbons (Fsp3) is 0.385. The topological polar surface area (TPSA) is 35.2 Å². The van der Waals surface area contributed by atoms with Crippen molar-refractivity contribution in [1.82, 2.24) is 0 Å². The zero-order chi connectivity index (χ0) is 11.3. The number of nitrogens with two attached hydrogens (primary N) is 1. The molecule has 0 aliphatic rings. The lowest BCUT2D eigenvalue weighted by molar-refractivity contribution is 0.356. The third-order valence-corrected chi connectivity index (χ3v) is 2.23. The van der Waals surface area contributed by atoms with E-state index in [9.17, 15) is 0 Å². The molecule has 1 aromatic carbocycles. The summed E-state index contributed by atoms with van der Waals surface area (Å²) in [6, 6.07) is 6.11. The molecule has 1 aromatic rings. The van der Waals surface area contributed by atoms with Crippen LogP contribution in [0.1, 0.15) is 31.0 Å². The first-order chi connectivity index (χ1) is 7.15. The second kappa shape index (κ2) is 5.56. The molecule has 0 amide bonds. The zero-order valence-electron chi connectivity index (χ0n) is 9.66. The Morgan fingerprint density at radius 2 is 2.20 bits per heavy atom. The number of hydrogen-bond donors (Lipinski definition) is 1. The summed E-state index contributed by atoms with van der Waals surface area (Å²) >= 11 is 0. The Morgan fingerprint density at radius 1 is 1.47 bits per heavy atom. The summed E-state index contributed by atoms with van der Waals surface area (Å²) < 4.78 is 5.63. The molecule has 2 nitrogen and oxygen atoms in total. The second-order valence-corrected chi connectivity index (χ2v) is 3.71. The monoisotopic (exact) mass is 205 g/mol. The van der Waals surface area contributed by atoms with Crippen LogP contribution in [-0.4, -0.2) is 6.61 Å². The zero-order valence-corrected chi connectivity index (χ0v) is 9.66. The van der Waals surface area contributed by atoms with E-state index in [0.29, 0.717) is 6.61 Å². The van der Waals surface area contributed by atoms with Crippen molar-refractivity contribution in [2.45, 2.75) is 26.8 Å². The largest absolute Gasteiger partial charge is 0.489 e. The van der Waals surface area contributed by atoms with Gasteiger partial charge in [0.05, 0.1) is 0 Å². The van der Waals surface area contributed by atoms with Gasteiger partial charge in [0.25, 0.3) is 0 Å². The molecule has 0 aromatic heterocycles. The second-order valence-electron chi connectivity index (χ2n) is 3.71. The number of rotatable bonds is 4. The Morgan fingerprint density at radius 3 is 2.80 bits per heavy atom. The Labute approximate surface area is 91.7 Å². The summed E-state index contributed by atoms with van der Waals surface area (Å²) in [5, 5.41) is 0. The first-order valence-electron chi connectivity index (χ1n) is 5.25. The summed E-state index contributed by atoms with van der Waals surface area (Å²) in [5.74, 6) is 0.883. The maximum absolute atomic E-state index is 5.89. The van der Waals surface area contributed by atoms with Crippen LogP contribution < -0.4 is 10.5 Å². The molecule has 0 heterocycles. The molecule has 2 N–H and O–H groups in total. The van der Waals surface area contributed by atoms with Crippen molar-refractivity contribution in [3.8, 4) is 5.75 Å². The summed E-state index contributed by atoms with van der Waals surface area (Å²) in [6.07, 6.45) is 3.95. The van der Waals surface area contributed by atoms with Crippen LogP contribution in [0.5, 0.6) is 5.75 Å². The lowest BCUT2D eigenvalue weighted by Gasteiger charge is -2.13. The van der Waals surface area contributed by atoms with E-state index in [1.54, 1.807) is 0 Å². The van der Waals surface area contributed by atoms with Crippen molar-refractivity contribution >= 4 is 0 Å². The molecule has 0 spiro atoms. The molecular formula is C13H19NO. The fourth-order valence-corrected chi connectivity index (χ4v) is 1.39. The van der Waals surface area contributed by atoms with Gasteiger partial charge in [0, 0.05) is 11.6 Å². The van der Waals surface area contributed by atoms with Crippen LogP contribution in [0, 0.1) is 6.92 Å². The Balaban J connectivity index is 2.85. The van der Waals surface area contributed by atoms with E-state index < -0.39 is 0 Å². The van der Waals surface area contributed by atoms with Crippen molar-refractivity contribution in [3.63, 3.8) is 0 Å². The third kappa shape index (κ3) is 3.40. The van der Waals surface area contributed by atoms with Crippen molar-refractivity contribution in [1.29, 1.82) is 0 Å². The Bertz CT molecular complexity index is 342. The van der Waals surface area contributed by atoms with Gasteiger partial charge >= 0.3 is 0 Å². The number of allylic oxidation sites excluding steroid dienone is 1. The van der Waals surface area contributed by atoms with Crippen LogP contribution in [0.2, 0.25) is 0 Å². The molecule has 15 heavy (non-hydrogen) atoms. The molecular weight excluding hydrogens is 186 g/mol. The summed E-state index contributed by atoms with van der Waals surface area (Å²) in [4.78, 5) is 0. The van der Waals surface area contributed by atoms with Crippen molar-refractivity contribution in [2.75, 3.05) is 6.61 Å². The van der Waals surface area contributed by atoms with Gasteiger partial charge in [-0.2, -0.15) is 0 Å². The SMILES string of the molecule is CC=CCOc1ccc(C)cc1[C@H](C)N. The van der Waals surface area contributed by atoms with Gasteiger partial charge in [-0.1, -0.05) is 29.8 Å². The third-order valence-electron chi connectivity index (χ3n) is 2.23. The molecule has 0 aliphatic heterocycles. The van der Waals surface area contributed by atoms with Crippen LogP contribution in [0.25, 0.3) is 0 Å². The van der Waals surface area contributed by atoms with Crippen LogP contribution in [0.4, 0.5) is 0 Å². The van der Waals surface area contributed by atoms with Crippen molar-refractivity contribution in [2.24, 2.45) is 5.73 Å². The molecule has 1 atom stereocenters. The highest BCUT2D eigenvalue weighted by molar-refractivity contribution is 5.38. The minimum atomic E-state index is 0.00510. The first kappa shape index (κ1) is 11.8. The minimum absolute atomic E-state index is 0.00510. The Kier molecular flexibility index (Phi) is 4.37. The van der Waals surface area contributed by atoms with E-state index >= 15 is 0 Å². The average Bonchev–Trinajstić information content (AvgIpc) is 2.20. The molecule has 0 radical (unpaired) electrons. The number of benzene rings is 1. The number of ether oxygens (including phenoxy) is 1. The van der Waals surface area contributed by atoms with Gasteiger partial charge in [-0.3, -0.25) is 0 Å². The minimum Gasteiger partial charge on any atom is -0.489 e. The maximum atomic E-state index is 5.89. The van der Waals surface area contributed by atoms with Crippen LogP contribution in [0.15, 0.2) is 30.4 Å². The lowest BCUT2D eigenvalue weighted by atomic mass is 10.1. The van der Waals surface area contributed by atoms with Gasteiger partial charge in [0.2, 0.25) is 0 Å². The maximum Gasteiger partial charge on any atom is 0.124 e. The van der Waals surface area contributed by atoms with Crippen molar-refractivity contribution < 1.29 is 4.74 Å². The normalized spacial score (nSPS) is 13.1. The molecule has 82 valence electrons. The molecule has 0 aliphatic carbocycles. The molecule has 1 rings (SSSR count). The molecule has 0 unspecified atom stereocenters. The van der Waals surface area contributed by atoms with Gasteiger partial charge < -0.3 is 10.5 Å². The van der Waals surface area contributed by atoms with E-state index in [-0.39, 0.29) is 6.04 Å². The van der Waals surface area contributed by atoms with Gasteiger partial charge in [0.15, 0.2) is 0 Å². The van der Waals surface area contributed by atoms with Crippen molar-refractivity contribution in [3.05, 3.63) is 41.5 Å². The van der Waals surface area contributed by atoms with E-state index in [2.05, 4.69) is 13.0 Å². The molecule has 0 bridgehead atoms. The highest BCUT2D eigenvalue weighted by Gasteiger charge is 2.07. The smallest absolute Gasteiger partial charge is 0.124 e. The molecule has 0 fully saturated rings. The molecule has 0 saturated heterocycles. The summed E-state index contributed by atoms with van der Waals surface area (Å²) in [7, 11) is 0. The standard InChI is InChI=1S/C13H19NO/c1-4-5-8-15-13-7-6-10(2)9-12(13)11(3)14/h4-7,9,11H,8,14H2,1-3H3/t11-/m0/s1. The highest BCUT2D eigenvalue weighted by Crippen LogP contribution is 2.24. The fourth-order valence-electron chi connectivity index (χ4n) is 1.39. The van der Waals surface area contributed by atoms with Gasteiger partial charge in [-0.25, -0.2) is 0 Å². The van der Waals surface area contributed by atoms with E-state index in [1.807, 2.05) is 38.1 Å². The van der Waals surface area contributed by atoms with Gasteiger partial charge in [-0.15, -0.1) is 0 Å². The summed E-state index contributed by atoms with van der Waals surface area (Å²) in [6.45, 7) is 6.60. The van der Waals surface area contributed by atoms with Crippen LogP contribution in [0.3, 0.4) is 0 Å². The lowest BCUT2D eigenvalue weighted by Crippen LogP contribution is -2.08. The Hall–Kier alpha value is -1.28. The van der Waals surface area contributed by atoms with Crippen LogP contribution in [-0.2, 0) is 0 Å². The number of hydrogen-bond acceptors (Lipinski definition) is 2. The van der Waals surface area contributed by atoms with E-state index in [0.717, 1.165) is 11.3 Å². The van der Waals surface area contributed by atoms with Gasteiger partial charge in [-0.05, 0) is 26.8 Å². The quantitative estimate of drug-likeness (QED) is 0.767. The highest BCUT2D eigenvalue weighted by atomic mass is 16.5. The predicted octanol–water partition coefficient (Wildman–Crippen LogP) is 2.97. The first-order valence-corrected chi connectivity index (χ1v) is 5.25. The van der Waals surface area contributed by atoms with Crippen LogP contribution >= 0.6 is 0 Å². The van der Waals surface area contributed by atoms with Gasteiger partial charge in [0.1, 0.15) is 12.4 Å². The van der Waals surface area contributed by atoms with E-state index in [1.165, 1.54) is 5.56 Å². The molecule has 2 heteroatoms. The summed E-state index contributed by atoms with van der Waals surface area (Å²) in [5.41, 5.74) is 8.17. The predicted molar refractivity (Wildman–Crippen MR) is 64.1 cm³/mol. The number of aryl methyl sites for hydroxylation is 1. The van der Waals surface area contributed by atoms with E-state index in [4.69, 9.17) is 10.5 Å². The average molecular weight is 205 g/mol.